The molecule has 34 heavy (non-hydrogen) atoms. The molecular formula is C21H17ClF4N4O4. The molecule has 0 atom stereocenters. The van der Waals surface area contributed by atoms with E-state index in [9.17, 15) is 32.5 Å². The molecule has 1 amide bonds. The number of alkyl halides is 4. The number of nitrogens with one attached hydrogen (secondary N) is 1. The Bertz CT molecular complexity index is 1250. The smallest absolute Gasteiger partial charge is 0.283 e. The van der Waals surface area contributed by atoms with Gasteiger partial charge in [-0.25, -0.2) is 17.6 Å². The molecular weight excluding hydrogens is 484 g/mol. The number of aryl methyl sites for hydroxylation is 2. The van der Waals surface area contributed by atoms with Gasteiger partial charge in [-0.15, -0.1) is 0 Å². The highest BCUT2D eigenvalue weighted by atomic mass is 35.5. The Labute approximate surface area is 195 Å². The van der Waals surface area contributed by atoms with Crippen LogP contribution in [0.2, 0.25) is 5.02 Å². The van der Waals surface area contributed by atoms with Gasteiger partial charge in [-0.05, 0) is 31.0 Å². The van der Waals surface area contributed by atoms with Gasteiger partial charge in [0.1, 0.15) is 29.4 Å². The van der Waals surface area contributed by atoms with Crippen molar-refractivity contribution in [2.24, 2.45) is 0 Å². The van der Waals surface area contributed by atoms with Gasteiger partial charge in [0.2, 0.25) is 5.91 Å². The van der Waals surface area contributed by atoms with Crippen LogP contribution in [0.15, 0.2) is 36.4 Å². The van der Waals surface area contributed by atoms with Crippen LogP contribution in [0.4, 0.5) is 28.9 Å². The number of ether oxygens (including phenoxy) is 1. The minimum Gasteiger partial charge on any atom is -0.457 e. The summed E-state index contributed by atoms with van der Waals surface area (Å²) in [5, 5.41) is 16.0. The number of halogens is 5. The quantitative estimate of drug-likeness (QED) is 0.220. The molecule has 3 aromatic rings. The fraction of sp³-hybridized carbons (Fsp3) is 0.238. The van der Waals surface area contributed by atoms with Gasteiger partial charge < -0.3 is 10.1 Å². The number of nitrogens with zero attached hydrogens (tertiary/aromatic N) is 3. The molecule has 0 saturated heterocycles. The lowest BCUT2D eigenvalue weighted by atomic mass is 10.1. The van der Waals surface area contributed by atoms with Gasteiger partial charge in [0.05, 0.1) is 21.7 Å². The Balaban J connectivity index is 1.88. The topological polar surface area (TPSA) is 99.3 Å². The molecule has 0 spiro atoms. The Morgan fingerprint density at radius 2 is 1.88 bits per heavy atom. The van der Waals surface area contributed by atoms with Crippen molar-refractivity contribution in [3.63, 3.8) is 0 Å². The van der Waals surface area contributed by atoms with Crippen molar-refractivity contribution in [2.75, 3.05) is 5.32 Å². The first-order valence-electron chi connectivity index (χ1n) is 9.63. The van der Waals surface area contributed by atoms with E-state index in [2.05, 4.69) is 10.4 Å². The van der Waals surface area contributed by atoms with E-state index in [0.717, 1.165) is 23.3 Å². The van der Waals surface area contributed by atoms with Gasteiger partial charge in [-0.1, -0.05) is 23.7 Å². The normalized spacial score (nSPS) is 11.2. The Hall–Kier alpha value is -3.67. The summed E-state index contributed by atoms with van der Waals surface area (Å²) in [4.78, 5) is 23.1. The van der Waals surface area contributed by atoms with E-state index in [4.69, 9.17) is 16.3 Å². The molecule has 0 saturated carbocycles. The van der Waals surface area contributed by atoms with Crippen LogP contribution in [0.25, 0.3) is 0 Å². The number of hydrogen-bond donors (Lipinski definition) is 1. The highest BCUT2D eigenvalue weighted by Crippen LogP contribution is 2.35. The Morgan fingerprint density at radius 1 is 1.18 bits per heavy atom. The lowest BCUT2D eigenvalue weighted by Gasteiger charge is -2.12. The van der Waals surface area contributed by atoms with E-state index in [1.54, 1.807) is 19.1 Å². The third-order valence-corrected chi connectivity index (χ3v) is 5.01. The number of rotatable bonds is 8. The average Bonchev–Trinajstić information content (AvgIpc) is 3.06. The maximum atomic E-state index is 13.3. The van der Waals surface area contributed by atoms with Crippen LogP contribution in [-0.2, 0) is 11.3 Å². The molecule has 0 aliphatic carbocycles. The minimum absolute atomic E-state index is 0.0357. The standard InChI is InChI=1S/C21H17ClF4N4O4/c1-10-3-4-11(2)15(5-10)34-14-7-12(6-13(8-14)30(32)33)27-16(31)9-29-19(21(25)26)17(22)18(28-29)20(23)24/h3-8,20-21H,9H2,1-2H3,(H,27,31). The molecule has 0 aliphatic heterocycles. The largest absolute Gasteiger partial charge is 0.457 e. The maximum Gasteiger partial charge on any atom is 0.283 e. The Morgan fingerprint density at radius 3 is 2.50 bits per heavy atom. The number of hydrogen-bond acceptors (Lipinski definition) is 5. The predicted molar refractivity (Wildman–Crippen MR) is 115 cm³/mol. The molecule has 0 fully saturated rings. The van der Waals surface area contributed by atoms with E-state index in [0.29, 0.717) is 10.4 Å². The molecule has 180 valence electrons. The van der Waals surface area contributed by atoms with Gasteiger partial charge in [-0.3, -0.25) is 19.6 Å². The van der Waals surface area contributed by atoms with Crippen molar-refractivity contribution in [2.45, 2.75) is 33.2 Å². The van der Waals surface area contributed by atoms with Crippen LogP contribution in [0.5, 0.6) is 11.5 Å². The molecule has 1 heterocycles. The van der Waals surface area contributed by atoms with Crippen molar-refractivity contribution in [3.05, 3.63) is 74.0 Å². The number of carbonyl (C=O) groups excluding carboxylic acids is 1. The number of nitro groups is 1. The molecule has 0 radical (unpaired) electrons. The van der Waals surface area contributed by atoms with Crippen molar-refractivity contribution in [3.8, 4) is 11.5 Å². The van der Waals surface area contributed by atoms with E-state index in [-0.39, 0.29) is 11.4 Å². The highest BCUT2D eigenvalue weighted by molar-refractivity contribution is 6.32. The number of anilines is 1. The number of amides is 1. The first-order valence-corrected chi connectivity index (χ1v) is 10.0. The number of carbonyl (C=O) groups is 1. The fourth-order valence-corrected chi connectivity index (χ4v) is 3.34. The average molecular weight is 501 g/mol. The zero-order valence-electron chi connectivity index (χ0n) is 17.7. The minimum atomic E-state index is -3.27. The molecule has 1 N–H and O–H groups in total. The maximum absolute atomic E-state index is 13.3. The SMILES string of the molecule is Cc1ccc(C)c(Oc2cc(NC(=O)Cn3nc(C(F)F)c(Cl)c3C(F)F)cc([N+](=O)[O-])c2)c1. The van der Waals surface area contributed by atoms with E-state index < -0.39 is 52.3 Å². The van der Waals surface area contributed by atoms with Crippen molar-refractivity contribution in [1.29, 1.82) is 0 Å². The summed E-state index contributed by atoms with van der Waals surface area (Å²) >= 11 is 5.57. The van der Waals surface area contributed by atoms with Crippen molar-refractivity contribution >= 4 is 28.9 Å². The van der Waals surface area contributed by atoms with Crippen molar-refractivity contribution < 1.29 is 32.0 Å². The second kappa shape index (κ2) is 10.1. The van der Waals surface area contributed by atoms with Crippen LogP contribution < -0.4 is 10.1 Å². The molecule has 13 heteroatoms. The monoisotopic (exact) mass is 500 g/mol. The van der Waals surface area contributed by atoms with E-state index >= 15 is 0 Å². The number of nitro benzene ring substituents is 1. The Kier molecular flexibility index (Phi) is 7.40. The fourth-order valence-electron chi connectivity index (χ4n) is 3.04. The molecule has 3 rings (SSSR count). The van der Waals surface area contributed by atoms with Crippen LogP contribution in [0, 0.1) is 24.0 Å². The van der Waals surface area contributed by atoms with Gasteiger partial charge >= 0.3 is 0 Å². The van der Waals surface area contributed by atoms with Gasteiger partial charge in [0.15, 0.2) is 0 Å². The third kappa shape index (κ3) is 5.63. The zero-order chi connectivity index (χ0) is 25.2. The molecule has 1 aromatic heterocycles. The predicted octanol–water partition coefficient (Wildman–Crippen LogP) is 6.37. The van der Waals surface area contributed by atoms with E-state index in [1.165, 1.54) is 6.07 Å². The molecule has 0 bridgehead atoms. The van der Waals surface area contributed by atoms with Crippen molar-refractivity contribution in [1.82, 2.24) is 9.78 Å². The summed E-state index contributed by atoms with van der Waals surface area (Å²) in [6, 6.07) is 8.85. The summed E-state index contributed by atoms with van der Waals surface area (Å²) in [5.41, 5.74) is -0.962. The summed E-state index contributed by atoms with van der Waals surface area (Å²) in [6.45, 7) is 2.72. The molecule has 8 nitrogen and oxygen atoms in total. The highest BCUT2D eigenvalue weighted by Gasteiger charge is 2.28. The third-order valence-electron chi connectivity index (χ3n) is 4.62. The second-order valence-electron chi connectivity index (χ2n) is 7.24. The summed E-state index contributed by atoms with van der Waals surface area (Å²) in [6.07, 6.45) is -6.49. The summed E-state index contributed by atoms with van der Waals surface area (Å²) in [7, 11) is 0. The zero-order valence-corrected chi connectivity index (χ0v) is 18.4. The molecule has 0 aliphatic rings. The molecule has 2 aromatic carbocycles. The number of aromatic nitrogens is 2. The first kappa shape index (κ1) is 25.0. The number of benzene rings is 2. The lowest BCUT2D eigenvalue weighted by Crippen LogP contribution is -2.21. The van der Waals surface area contributed by atoms with Gasteiger partial charge in [0.25, 0.3) is 18.5 Å². The van der Waals surface area contributed by atoms with Crippen LogP contribution in [0.3, 0.4) is 0 Å². The number of non-ortho nitro benzene ring substituents is 1. The molecule has 0 unspecified atom stereocenters. The summed E-state index contributed by atoms with van der Waals surface area (Å²) < 4.78 is 58.7. The van der Waals surface area contributed by atoms with Crippen LogP contribution >= 0.6 is 11.6 Å². The first-order chi connectivity index (χ1) is 16.0. The second-order valence-corrected chi connectivity index (χ2v) is 7.61. The summed E-state index contributed by atoms with van der Waals surface area (Å²) in [5.74, 6) is -0.487. The van der Waals surface area contributed by atoms with Crippen LogP contribution in [-0.4, -0.2) is 20.6 Å². The van der Waals surface area contributed by atoms with Gasteiger partial charge in [-0.2, -0.15) is 5.10 Å². The van der Waals surface area contributed by atoms with E-state index in [1.807, 2.05) is 13.0 Å². The lowest BCUT2D eigenvalue weighted by molar-refractivity contribution is -0.384. The van der Waals surface area contributed by atoms with Crippen LogP contribution in [0.1, 0.15) is 35.4 Å². The van der Waals surface area contributed by atoms with Gasteiger partial charge in [0, 0.05) is 12.1 Å².